The van der Waals surface area contributed by atoms with E-state index in [4.69, 9.17) is 27.9 Å². The van der Waals surface area contributed by atoms with Crippen LogP contribution in [0.2, 0.25) is 0 Å². The molecule has 0 bridgehead atoms. The third kappa shape index (κ3) is 12.9. The number of aliphatic hydroxyl groups is 2. The molecule has 353 valence electrons. The first kappa shape index (κ1) is 53.1. The van der Waals surface area contributed by atoms with Crippen molar-refractivity contribution in [2.45, 2.75) is 39.5 Å². The van der Waals surface area contributed by atoms with Gasteiger partial charge in [0.2, 0.25) is 17.3 Å². The Morgan fingerprint density at radius 2 is 1.33 bits per heavy atom. The molecule has 2 aromatic heterocycles. The number of carbonyl (C=O) groups excluding carboxylic acids is 2. The molecule has 1 unspecified atom stereocenters. The number of ether oxygens (including phenoxy) is 1. The zero-order valence-electron chi connectivity index (χ0n) is 36.4. The minimum Gasteiger partial charge on any atom is -0.506 e. The van der Waals surface area contributed by atoms with E-state index in [1.165, 1.54) is 22.6 Å². The van der Waals surface area contributed by atoms with Crippen molar-refractivity contribution in [2.24, 2.45) is 20.4 Å². The molecule has 0 saturated carbocycles. The summed E-state index contributed by atoms with van der Waals surface area (Å²) in [5, 5.41) is 53.7. The monoisotopic (exact) mass is 1030 g/mol. The molecule has 2 aliphatic carbocycles. The number of fused-ring (bicyclic) bond motifs is 1. The van der Waals surface area contributed by atoms with Gasteiger partial charge in [0.25, 0.3) is 0 Å². The van der Waals surface area contributed by atoms with E-state index in [1.807, 2.05) is 0 Å². The summed E-state index contributed by atoms with van der Waals surface area (Å²) in [5.41, 5.74) is 6.31. The van der Waals surface area contributed by atoms with E-state index in [-0.39, 0.29) is 74.8 Å². The molecule has 1 radical (unpaired) electrons. The number of thiazole rings is 2. The van der Waals surface area contributed by atoms with Crippen LogP contribution < -0.4 is 29.2 Å². The van der Waals surface area contributed by atoms with Crippen LogP contribution in [-0.4, -0.2) is 80.6 Å². The van der Waals surface area contributed by atoms with Crippen molar-refractivity contribution in [1.29, 1.82) is 0 Å². The van der Waals surface area contributed by atoms with Gasteiger partial charge in [0.15, 0.2) is 5.71 Å². The molecule has 19 nitrogen and oxygen atoms in total. The number of para-hydroxylation sites is 1. The van der Waals surface area contributed by atoms with E-state index >= 15 is 0 Å². The first-order valence-corrected chi connectivity index (χ1v) is 22.1. The molecule has 7 rings (SSSR count). The summed E-state index contributed by atoms with van der Waals surface area (Å²) in [7, 11) is 3.92. The van der Waals surface area contributed by atoms with Crippen molar-refractivity contribution < 1.29 is 55.7 Å². The summed E-state index contributed by atoms with van der Waals surface area (Å²) in [5.74, 6) is -0.933. The summed E-state index contributed by atoms with van der Waals surface area (Å²) in [6, 6.07) is 15.2. The number of halogens is 2. The van der Waals surface area contributed by atoms with Crippen molar-refractivity contribution in [2.75, 3.05) is 32.1 Å². The number of methoxy groups -OCH3 is 1. The van der Waals surface area contributed by atoms with E-state index in [2.05, 4.69) is 129 Å². The number of carbonyl (C=O) groups is 2. The number of hydrogen-bond acceptors (Lipinski definition) is 16. The van der Waals surface area contributed by atoms with Crippen molar-refractivity contribution in [1.82, 2.24) is 9.97 Å². The predicted octanol–water partition coefficient (Wildman–Crippen LogP) is 7.68. The molecule has 3 heterocycles. The van der Waals surface area contributed by atoms with Gasteiger partial charge in [0.05, 0.1) is 32.4 Å². The maximum absolute atomic E-state index is 11.1. The van der Waals surface area contributed by atoms with Gasteiger partial charge in [-0.1, -0.05) is 71.0 Å². The Morgan fingerprint density at radius 3 is 1.78 bits per heavy atom. The van der Waals surface area contributed by atoms with Gasteiger partial charge in [-0.2, -0.15) is 4.58 Å². The molecule has 3 aliphatic rings. The number of ketones is 2. The van der Waals surface area contributed by atoms with Crippen molar-refractivity contribution >= 4 is 102 Å². The molecule has 0 amide bonds. The molecule has 2 N–H and O–H groups in total. The van der Waals surface area contributed by atoms with Gasteiger partial charge in [0.1, 0.15) is 35.7 Å². The quantitative estimate of drug-likeness (QED) is 0.0635. The van der Waals surface area contributed by atoms with Crippen LogP contribution in [-0.2, 0) is 31.8 Å². The van der Waals surface area contributed by atoms with Crippen LogP contribution in [0.25, 0.3) is 6.08 Å². The molecule has 1 atom stereocenters. The maximum atomic E-state index is 11.1. The largest absolute Gasteiger partial charge is 0.506 e. The minimum absolute atomic E-state index is 0. The molecule has 24 heteroatoms. The summed E-state index contributed by atoms with van der Waals surface area (Å²) >= 11 is 12.6. The van der Waals surface area contributed by atoms with Gasteiger partial charge in [-0.25, -0.2) is 0 Å². The van der Waals surface area contributed by atoms with Crippen LogP contribution in [0.3, 0.4) is 0 Å². The first-order valence-electron chi connectivity index (χ1n) is 19.7. The number of hydrogen-bond donors (Lipinski definition) is 2. The van der Waals surface area contributed by atoms with Gasteiger partial charge in [-0.3, -0.25) is 40.0 Å². The number of nitro groups is 2. The third-order valence-electron chi connectivity index (χ3n) is 10.1. The molecule has 0 spiro atoms. The van der Waals surface area contributed by atoms with Gasteiger partial charge < -0.3 is 40.0 Å². The van der Waals surface area contributed by atoms with Gasteiger partial charge in [-0.05, 0) is 57.6 Å². The Hall–Kier alpha value is -6.56. The zero-order chi connectivity index (χ0) is 48.3. The minimum atomic E-state index is -0.600. The van der Waals surface area contributed by atoms with Crippen molar-refractivity contribution in [3.63, 3.8) is 0 Å². The number of benzene rings is 2. The van der Waals surface area contributed by atoms with Crippen LogP contribution >= 0.6 is 45.9 Å². The second-order valence-electron chi connectivity index (χ2n) is 14.0. The number of rotatable bonds is 11. The average molecular weight is 1040 g/mol. The fraction of sp³-hybridized carbons (Fsp3) is 0.233. The Balaban J connectivity index is 0.000000224. The van der Waals surface area contributed by atoms with Crippen molar-refractivity contribution in [3.05, 3.63) is 148 Å². The van der Waals surface area contributed by atoms with Gasteiger partial charge in [0, 0.05) is 99.0 Å². The summed E-state index contributed by atoms with van der Waals surface area (Å²) in [4.78, 5) is 51.6. The normalized spacial score (nSPS) is 18.3. The van der Waals surface area contributed by atoms with E-state index in [0.29, 0.717) is 0 Å². The molecule has 0 fully saturated rings. The second kappa shape index (κ2) is 23.8. The Kier molecular flexibility index (Phi) is 18.8. The topological polar surface area (TPSA) is 254 Å². The molecule has 67 heavy (non-hydrogen) atoms. The van der Waals surface area contributed by atoms with Gasteiger partial charge in [-0.15, -0.1) is 0 Å². The number of allylic oxidation sites excluding steroid dienone is 7. The zero-order valence-corrected chi connectivity index (χ0v) is 40.6. The number of aliphatic hydroxyl groups excluding tert-OH is 2. The maximum Gasteiger partial charge on any atom is 0.319 e. The molecule has 0 saturated heterocycles. The Bertz CT molecular complexity index is 2850. The third-order valence-corrected chi connectivity index (χ3v) is 12.4. The summed E-state index contributed by atoms with van der Waals surface area (Å²) in [6.45, 7) is 11.0. The summed E-state index contributed by atoms with van der Waals surface area (Å²) < 4.78 is 8.03. The van der Waals surface area contributed by atoms with E-state index in [1.54, 1.807) is 7.11 Å². The molecule has 2 aromatic carbocycles. The molecular formula is C43H41Cl2CoN10O9S2-. The van der Waals surface area contributed by atoms with Crippen LogP contribution in [0.15, 0.2) is 127 Å². The fourth-order valence-corrected chi connectivity index (χ4v) is 7.95. The van der Waals surface area contributed by atoms with E-state index in [9.17, 15) is 40.0 Å². The standard InChI is InChI=1S/C25H33N2O.2C9H5ClN4O4S.Co/c1-7-25(4)21-12-10-11-13-22(21)26(5)24(25)17-15-19-14-16-20(18-23(19)28-6)27(8-2)9-3;2*10-4-1-5(7(16)2-6(4)15)12-13-9-11-3-8(19-9)14(17)18;/h10-18H,7-9H2,1-6H3;2*1-3H,(H2,11,13,15,16);/q+1;;;/p-2. The van der Waals surface area contributed by atoms with Crippen molar-refractivity contribution in [3.8, 4) is 5.75 Å². The number of anilines is 1. The first-order chi connectivity index (χ1) is 31.4. The molecule has 4 aromatic rings. The van der Waals surface area contributed by atoms with Gasteiger partial charge >= 0.3 is 10.0 Å². The average Bonchev–Trinajstić information content (AvgIpc) is 4.04. The SMILES string of the molecule is CCN(CC)c1ccc(/C=C/C2=[N+](C)c3ccccc3C2(C)CC)c(OC)c1.O=C1C=C(O)C(=NN=c2[n-]cc([N+](=O)[O-])s2)C=C1Cl.O=C1C=C(O)C(=NN=c2[n-]cc([N+](=O)[O-])s2)C=C1Cl.[Co]. The fourth-order valence-electron chi connectivity index (χ4n) is 6.52. The Labute approximate surface area is 411 Å². The smallest absolute Gasteiger partial charge is 0.319 e. The molecular weight excluding hydrogens is 995 g/mol. The van der Waals surface area contributed by atoms with Crippen LogP contribution in [0, 0.1) is 20.2 Å². The predicted molar refractivity (Wildman–Crippen MR) is 254 cm³/mol. The Morgan fingerprint density at radius 1 is 0.821 bits per heavy atom. The van der Waals surface area contributed by atoms with E-state index in [0.717, 1.165) is 90.2 Å². The number of aromatic nitrogens is 2. The summed E-state index contributed by atoms with van der Waals surface area (Å²) in [6.07, 6.45) is 11.7. The van der Waals surface area contributed by atoms with Crippen LogP contribution in [0.5, 0.6) is 5.75 Å². The molecule has 1 aliphatic heterocycles. The second-order valence-corrected chi connectivity index (χ2v) is 16.8. The van der Waals surface area contributed by atoms with Crippen LogP contribution in [0.4, 0.5) is 21.4 Å². The van der Waals surface area contributed by atoms with E-state index < -0.39 is 21.4 Å². The number of nitrogens with zero attached hydrogens (tertiary/aromatic N) is 10. The van der Waals surface area contributed by atoms with Crippen LogP contribution in [0.1, 0.15) is 45.2 Å².